The van der Waals surface area contributed by atoms with Crippen LogP contribution in [-0.4, -0.2) is 87.9 Å². The Labute approximate surface area is 149 Å². The van der Waals surface area contributed by atoms with Gasteiger partial charge in [0.05, 0.1) is 6.54 Å². The van der Waals surface area contributed by atoms with Crippen LogP contribution >= 0.6 is 0 Å². The number of rotatable bonds is 10. The number of hydrogen-bond acceptors (Lipinski definition) is 4. The van der Waals surface area contributed by atoms with Gasteiger partial charge >= 0.3 is 0 Å². The molecule has 0 aromatic rings. The second-order valence-electron chi connectivity index (χ2n) is 7.16. The first-order valence-electron chi connectivity index (χ1n) is 9.55. The van der Waals surface area contributed by atoms with Crippen molar-refractivity contribution in [1.82, 2.24) is 20.4 Å². The molecule has 6 nitrogen and oxygen atoms in total. The Kier molecular flexibility index (Phi) is 11.0. The van der Waals surface area contributed by atoms with Gasteiger partial charge in [-0.3, -0.25) is 9.89 Å². The van der Waals surface area contributed by atoms with Gasteiger partial charge in [0.25, 0.3) is 0 Å². The van der Waals surface area contributed by atoms with E-state index in [4.69, 9.17) is 9.73 Å². The van der Waals surface area contributed by atoms with Crippen LogP contribution in [0.1, 0.15) is 34.1 Å². The second kappa shape index (κ2) is 12.5. The van der Waals surface area contributed by atoms with Gasteiger partial charge in [-0.15, -0.1) is 0 Å². The molecule has 2 N–H and O–H groups in total. The zero-order valence-corrected chi connectivity index (χ0v) is 16.5. The molecule has 0 radical (unpaired) electrons. The van der Waals surface area contributed by atoms with Crippen LogP contribution in [0.5, 0.6) is 0 Å². The highest BCUT2D eigenvalue weighted by Gasteiger charge is 2.18. The second-order valence-corrected chi connectivity index (χ2v) is 7.16. The van der Waals surface area contributed by atoms with E-state index in [2.05, 4.69) is 55.2 Å². The molecule has 0 aliphatic carbocycles. The number of guanidine groups is 1. The van der Waals surface area contributed by atoms with Gasteiger partial charge < -0.3 is 20.3 Å². The summed E-state index contributed by atoms with van der Waals surface area (Å²) in [4.78, 5) is 9.67. The Bertz CT molecular complexity index is 340. The molecule has 1 heterocycles. The van der Waals surface area contributed by atoms with Gasteiger partial charge in [-0.2, -0.15) is 0 Å². The van der Waals surface area contributed by atoms with Crippen molar-refractivity contribution in [2.24, 2.45) is 10.9 Å². The molecule has 6 heteroatoms. The minimum Gasteiger partial charge on any atom is -0.381 e. The van der Waals surface area contributed by atoms with Crippen LogP contribution in [0.2, 0.25) is 0 Å². The Hall–Kier alpha value is -0.850. The third-order valence-electron chi connectivity index (χ3n) is 4.23. The highest BCUT2D eigenvalue weighted by molar-refractivity contribution is 5.79. The van der Waals surface area contributed by atoms with E-state index in [1.54, 1.807) is 0 Å². The van der Waals surface area contributed by atoms with Crippen LogP contribution in [0.3, 0.4) is 0 Å². The third kappa shape index (κ3) is 9.45. The van der Waals surface area contributed by atoms with Crippen LogP contribution in [0.15, 0.2) is 4.99 Å². The first kappa shape index (κ1) is 21.2. The average Bonchev–Trinajstić information content (AvgIpc) is 2.55. The van der Waals surface area contributed by atoms with Crippen molar-refractivity contribution in [3.05, 3.63) is 0 Å². The Balaban J connectivity index is 2.25. The first-order valence-corrected chi connectivity index (χ1v) is 9.55. The van der Waals surface area contributed by atoms with E-state index < -0.39 is 0 Å². The number of likely N-dealkylation sites (N-methyl/N-ethyl adjacent to an activating group) is 1. The van der Waals surface area contributed by atoms with E-state index in [0.29, 0.717) is 12.0 Å². The lowest BCUT2D eigenvalue weighted by molar-refractivity contribution is 0.108. The topological polar surface area (TPSA) is 52.1 Å². The van der Waals surface area contributed by atoms with E-state index in [1.807, 2.05) is 0 Å². The van der Waals surface area contributed by atoms with Gasteiger partial charge in [-0.25, -0.2) is 0 Å². The highest BCUT2D eigenvalue weighted by atomic mass is 16.5. The van der Waals surface area contributed by atoms with E-state index in [9.17, 15) is 0 Å². The molecule has 1 rings (SSSR count). The van der Waals surface area contributed by atoms with Crippen molar-refractivity contribution in [2.45, 2.75) is 40.2 Å². The summed E-state index contributed by atoms with van der Waals surface area (Å²) in [6.07, 6.45) is 1.01. The molecule has 1 fully saturated rings. The van der Waals surface area contributed by atoms with Crippen LogP contribution < -0.4 is 10.6 Å². The summed E-state index contributed by atoms with van der Waals surface area (Å²) in [5.41, 5.74) is 0. The molecule has 1 unspecified atom stereocenters. The zero-order valence-electron chi connectivity index (χ0n) is 16.5. The molecule has 0 bridgehead atoms. The first-order chi connectivity index (χ1) is 11.5. The molecular formula is C18H39N5O. The number of hydrogen-bond donors (Lipinski definition) is 2. The predicted molar refractivity (Wildman–Crippen MR) is 103 cm³/mol. The van der Waals surface area contributed by atoms with Crippen molar-refractivity contribution in [2.75, 3.05) is 66.1 Å². The summed E-state index contributed by atoms with van der Waals surface area (Å²) in [5.74, 6) is 1.52. The molecule has 1 atom stereocenters. The lowest BCUT2D eigenvalue weighted by Gasteiger charge is -2.35. The molecule has 1 aliphatic heterocycles. The molecule has 1 aliphatic rings. The average molecular weight is 342 g/mol. The van der Waals surface area contributed by atoms with Crippen LogP contribution in [-0.2, 0) is 4.74 Å². The molecule has 0 aromatic carbocycles. The SMILES string of the molecule is CCNC(=NCC(C)N1CCN(C)CC1)NCCCOCC(C)C. The maximum Gasteiger partial charge on any atom is 0.191 e. The molecule has 0 amide bonds. The summed E-state index contributed by atoms with van der Waals surface area (Å²) in [6.45, 7) is 17.6. The number of piperazine rings is 1. The van der Waals surface area contributed by atoms with E-state index >= 15 is 0 Å². The molecular weight excluding hydrogens is 302 g/mol. The summed E-state index contributed by atoms with van der Waals surface area (Å²) in [5, 5.41) is 6.73. The smallest absolute Gasteiger partial charge is 0.191 e. The van der Waals surface area contributed by atoms with Crippen molar-refractivity contribution >= 4 is 5.96 Å². The van der Waals surface area contributed by atoms with E-state index in [1.165, 1.54) is 0 Å². The van der Waals surface area contributed by atoms with Gasteiger partial charge in [-0.1, -0.05) is 13.8 Å². The van der Waals surface area contributed by atoms with Crippen molar-refractivity contribution in [3.8, 4) is 0 Å². The van der Waals surface area contributed by atoms with Crippen LogP contribution in [0.25, 0.3) is 0 Å². The monoisotopic (exact) mass is 341 g/mol. The fraction of sp³-hybridized carbons (Fsp3) is 0.944. The number of nitrogens with one attached hydrogen (secondary N) is 2. The fourth-order valence-corrected chi connectivity index (χ4v) is 2.64. The summed E-state index contributed by atoms with van der Waals surface area (Å²) < 4.78 is 5.61. The van der Waals surface area contributed by atoms with Gasteiger partial charge in [-0.05, 0) is 33.2 Å². The van der Waals surface area contributed by atoms with E-state index in [-0.39, 0.29) is 0 Å². The Morgan fingerprint density at radius 3 is 2.46 bits per heavy atom. The summed E-state index contributed by atoms with van der Waals surface area (Å²) in [6, 6.07) is 0.489. The standard InChI is InChI=1S/C18H39N5O/c1-6-19-18(20-8-7-13-24-15-16(2)3)21-14-17(4)23-11-9-22(5)10-12-23/h16-17H,6-15H2,1-5H3,(H2,19,20,21). The normalized spacial score (nSPS) is 18.8. The molecule has 1 saturated heterocycles. The minimum atomic E-state index is 0.489. The highest BCUT2D eigenvalue weighted by Crippen LogP contribution is 2.05. The van der Waals surface area contributed by atoms with Gasteiger partial charge in [0, 0.05) is 58.5 Å². The maximum absolute atomic E-state index is 5.61. The van der Waals surface area contributed by atoms with Crippen LogP contribution in [0.4, 0.5) is 0 Å². The maximum atomic E-state index is 5.61. The summed E-state index contributed by atoms with van der Waals surface area (Å²) in [7, 11) is 2.19. The molecule has 0 aromatic heterocycles. The summed E-state index contributed by atoms with van der Waals surface area (Å²) >= 11 is 0. The molecule has 0 spiro atoms. The predicted octanol–water partition coefficient (Wildman–Crippen LogP) is 1.24. The van der Waals surface area contributed by atoms with Crippen molar-refractivity contribution in [3.63, 3.8) is 0 Å². The third-order valence-corrected chi connectivity index (χ3v) is 4.23. The number of nitrogens with zero attached hydrogens (tertiary/aromatic N) is 3. The van der Waals surface area contributed by atoms with Gasteiger partial charge in [0.2, 0.25) is 0 Å². The lowest BCUT2D eigenvalue weighted by Crippen LogP contribution is -2.49. The van der Waals surface area contributed by atoms with Crippen molar-refractivity contribution < 1.29 is 4.74 Å². The lowest BCUT2D eigenvalue weighted by atomic mass is 10.2. The fourth-order valence-electron chi connectivity index (χ4n) is 2.64. The van der Waals surface area contributed by atoms with E-state index in [0.717, 1.165) is 71.4 Å². The number of ether oxygens (including phenoxy) is 1. The Morgan fingerprint density at radius 2 is 1.83 bits per heavy atom. The van der Waals surface area contributed by atoms with Gasteiger partial charge in [0.1, 0.15) is 0 Å². The van der Waals surface area contributed by atoms with Crippen molar-refractivity contribution in [1.29, 1.82) is 0 Å². The largest absolute Gasteiger partial charge is 0.381 e. The molecule has 0 saturated carbocycles. The Morgan fingerprint density at radius 1 is 1.12 bits per heavy atom. The minimum absolute atomic E-state index is 0.489. The van der Waals surface area contributed by atoms with Crippen LogP contribution in [0, 0.1) is 5.92 Å². The molecule has 24 heavy (non-hydrogen) atoms. The number of aliphatic imine (C=N–C) groups is 1. The zero-order chi connectivity index (χ0) is 17.8. The van der Waals surface area contributed by atoms with Gasteiger partial charge in [0.15, 0.2) is 5.96 Å². The molecule has 142 valence electrons. The quantitative estimate of drug-likeness (QED) is 0.356.